The smallest absolute Gasteiger partial charge is 0.347 e. The van der Waals surface area contributed by atoms with Crippen molar-refractivity contribution in [3.63, 3.8) is 0 Å². The lowest BCUT2D eigenvalue weighted by atomic mass is 10.1. The van der Waals surface area contributed by atoms with E-state index in [-0.39, 0.29) is 11.7 Å². The van der Waals surface area contributed by atoms with Crippen molar-refractivity contribution in [2.45, 2.75) is 26.9 Å². The fourth-order valence-electron chi connectivity index (χ4n) is 3.06. The summed E-state index contributed by atoms with van der Waals surface area (Å²) in [4.78, 5) is 37.2. The quantitative estimate of drug-likeness (QED) is 0.444. The van der Waals surface area contributed by atoms with Gasteiger partial charge in [0.1, 0.15) is 5.75 Å². The Hall–Kier alpha value is -3.87. The molecule has 1 heterocycles. The number of Topliss-reactive ketones (excluding diaryl/α,β-unsaturated/α-hetero) is 1. The number of aryl methyl sites for hydroxylation is 1. The number of esters is 1. The monoisotopic (exact) mass is 420 g/mol. The molecule has 2 aromatic carbocycles. The highest BCUT2D eigenvalue weighted by Gasteiger charge is 2.21. The Kier molecular flexibility index (Phi) is 6.87. The van der Waals surface area contributed by atoms with Crippen molar-refractivity contribution < 1.29 is 23.9 Å². The molecule has 0 bridgehead atoms. The van der Waals surface area contributed by atoms with Crippen LogP contribution in [0.3, 0.4) is 0 Å². The molecule has 1 unspecified atom stereocenters. The molecule has 7 nitrogen and oxygen atoms in total. The predicted octanol–water partition coefficient (Wildman–Crippen LogP) is 3.68. The first-order valence-corrected chi connectivity index (χ1v) is 9.83. The lowest BCUT2D eigenvalue weighted by Gasteiger charge is -2.14. The first kappa shape index (κ1) is 21.8. The van der Waals surface area contributed by atoms with Crippen molar-refractivity contribution in [3.8, 4) is 5.75 Å². The summed E-state index contributed by atoms with van der Waals surface area (Å²) < 4.78 is 12.2. The Morgan fingerprint density at radius 2 is 1.58 bits per heavy atom. The van der Waals surface area contributed by atoms with Crippen LogP contribution in [-0.4, -0.2) is 35.0 Å². The summed E-state index contributed by atoms with van der Waals surface area (Å²) in [5.41, 5.74) is 4.88. The molecular formula is C24H24N2O5. The van der Waals surface area contributed by atoms with E-state index in [9.17, 15) is 14.4 Å². The summed E-state index contributed by atoms with van der Waals surface area (Å²) in [5, 5.41) is 0. The number of para-hydroxylation sites is 1. The second kappa shape index (κ2) is 9.75. The highest BCUT2D eigenvalue weighted by atomic mass is 16.6. The number of amides is 1. The summed E-state index contributed by atoms with van der Waals surface area (Å²) in [6.45, 7) is 4.63. The standard InChI is InChI=1S/C24H24N2O5/c1-16-14-21(17(2)26(16)25-23(28)19-10-6-4-7-11-19)22(27)15-30-24(29)18(3)31-20-12-8-5-9-13-20/h4-14,18H,15H2,1-3H3,(H,25,28). The Balaban J connectivity index is 1.61. The van der Waals surface area contributed by atoms with Crippen LogP contribution in [0.15, 0.2) is 66.7 Å². The maximum Gasteiger partial charge on any atom is 0.347 e. The first-order valence-electron chi connectivity index (χ1n) is 9.83. The maximum atomic E-state index is 12.6. The number of rotatable bonds is 8. The van der Waals surface area contributed by atoms with Gasteiger partial charge in [0.15, 0.2) is 12.7 Å². The van der Waals surface area contributed by atoms with Gasteiger partial charge in [-0.1, -0.05) is 36.4 Å². The molecule has 3 rings (SSSR count). The number of carbonyl (C=O) groups is 3. The van der Waals surface area contributed by atoms with Gasteiger partial charge in [0.25, 0.3) is 5.91 Å². The third-order valence-electron chi connectivity index (χ3n) is 4.71. The summed E-state index contributed by atoms with van der Waals surface area (Å²) in [6.07, 6.45) is -0.854. The second-order valence-electron chi connectivity index (χ2n) is 7.03. The first-order chi connectivity index (χ1) is 14.9. The molecule has 1 amide bonds. The van der Waals surface area contributed by atoms with Crippen LogP contribution < -0.4 is 10.2 Å². The topological polar surface area (TPSA) is 86.6 Å². The van der Waals surface area contributed by atoms with Crippen LogP contribution in [0.25, 0.3) is 0 Å². The zero-order chi connectivity index (χ0) is 22.4. The number of ether oxygens (including phenoxy) is 2. The minimum Gasteiger partial charge on any atom is -0.479 e. The van der Waals surface area contributed by atoms with Gasteiger partial charge < -0.3 is 9.47 Å². The lowest BCUT2D eigenvalue weighted by molar-refractivity contribution is -0.149. The molecule has 31 heavy (non-hydrogen) atoms. The molecule has 0 aliphatic heterocycles. The highest BCUT2D eigenvalue weighted by Crippen LogP contribution is 2.16. The van der Waals surface area contributed by atoms with Crippen molar-refractivity contribution >= 4 is 17.7 Å². The van der Waals surface area contributed by atoms with Gasteiger partial charge in [-0.3, -0.25) is 19.7 Å². The van der Waals surface area contributed by atoms with E-state index in [1.54, 1.807) is 80.0 Å². The van der Waals surface area contributed by atoms with Crippen LogP contribution in [0.2, 0.25) is 0 Å². The summed E-state index contributed by atoms with van der Waals surface area (Å²) in [7, 11) is 0. The molecule has 0 aliphatic carbocycles. The molecule has 1 N–H and O–H groups in total. The zero-order valence-electron chi connectivity index (χ0n) is 17.6. The van der Waals surface area contributed by atoms with E-state index in [1.807, 2.05) is 12.1 Å². The van der Waals surface area contributed by atoms with Crippen LogP contribution in [0.4, 0.5) is 0 Å². The average molecular weight is 420 g/mol. The van der Waals surface area contributed by atoms with E-state index >= 15 is 0 Å². The minimum atomic E-state index is -0.854. The Labute approximate surface area is 180 Å². The van der Waals surface area contributed by atoms with E-state index in [2.05, 4.69) is 5.43 Å². The highest BCUT2D eigenvalue weighted by molar-refractivity contribution is 6.01. The van der Waals surface area contributed by atoms with Crippen molar-refractivity contribution in [1.29, 1.82) is 0 Å². The number of ketones is 1. The number of hydrogen-bond acceptors (Lipinski definition) is 5. The molecular weight excluding hydrogens is 396 g/mol. The summed E-state index contributed by atoms with van der Waals surface area (Å²) in [6, 6.07) is 19.3. The van der Waals surface area contributed by atoms with Gasteiger partial charge in [-0.05, 0) is 51.1 Å². The lowest BCUT2D eigenvalue weighted by Crippen LogP contribution is -2.28. The van der Waals surface area contributed by atoms with Gasteiger partial charge in [-0.25, -0.2) is 4.79 Å². The molecule has 7 heteroatoms. The Morgan fingerprint density at radius 1 is 0.968 bits per heavy atom. The van der Waals surface area contributed by atoms with Crippen molar-refractivity contribution in [2.24, 2.45) is 0 Å². The average Bonchev–Trinajstić information content (AvgIpc) is 3.06. The molecule has 0 radical (unpaired) electrons. The maximum absolute atomic E-state index is 12.6. The zero-order valence-corrected chi connectivity index (χ0v) is 17.6. The number of hydrogen-bond donors (Lipinski definition) is 1. The predicted molar refractivity (Wildman–Crippen MR) is 116 cm³/mol. The van der Waals surface area contributed by atoms with Crippen LogP contribution >= 0.6 is 0 Å². The van der Waals surface area contributed by atoms with Crippen molar-refractivity contribution in [2.75, 3.05) is 12.0 Å². The van der Waals surface area contributed by atoms with Gasteiger partial charge in [0, 0.05) is 22.5 Å². The SMILES string of the molecule is Cc1cc(C(=O)COC(=O)C(C)Oc2ccccc2)c(C)n1NC(=O)c1ccccc1. The molecule has 0 fully saturated rings. The molecule has 0 aliphatic rings. The van der Waals surface area contributed by atoms with Crippen LogP contribution in [0.1, 0.15) is 39.0 Å². The number of carbonyl (C=O) groups excluding carboxylic acids is 3. The van der Waals surface area contributed by atoms with Crippen LogP contribution in [0, 0.1) is 13.8 Å². The number of benzene rings is 2. The second-order valence-corrected chi connectivity index (χ2v) is 7.03. The van der Waals surface area contributed by atoms with Gasteiger partial charge in [0.2, 0.25) is 5.78 Å². The third kappa shape index (κ3) is 5.39. The largest absolute Gasteiger partial charge is 0.479 e. The molecule has 1 aromatic heterocycles. The normalized spacial score (nSPS) is 11.5. The molecule has 1 atom stereocenters. The number of nitrogens with one attached hydrogen (secondary N) is 1. The van der Waals surface area contributed by atoms with Gasteiger partial charge >= 0.3 is 5.97 Å². The van der Waals surface area contributed by atoms with E-state index in [0.717, 1.165) is 0 Å². The van der Waals surface area contributed by atoms with Crippen LogP contribution in [-0.2, 0) is 9.53 Å². The Bertz CT molecular complexity index is 1070. The van der Waals surface area contributed by atoms with E-state index in [0.29, 0.717) is 28.3 Å². The molecule has 0 saturated carbocycles. The minimum absolute atomic E-state index is 0.292. The molecule has 3 aromatic rings. The molecule has 160 valence electrons. The van der Waals surface area contributed by atoms with E-state index in [4.69, 9.17) is 9.47 Å². The Morgan fingerprint density at radius 3 is 2.23 bits per heavy atom. The number of aromatic nitrogens is 1. The summed E-state index contributed by atoms with van der Waals surface area (Å²) >= 11 is 0. The fraction of sp³-hybridized carbons (Fsp3) is 0.208. The fourth-order valence-corrected chi connectivity index (χ4v) is 3.06. The van der Waals surface area contributed by atoms with Gasteiger partial charge in [-0.15, -0.1) is 0 Å². The van der Waals surface area contributed by atoms with Crippen molar-refractivity contribution in [1.82, 2.24) is 4.68 Å². The third-order valence-corrected chi connectivity index (χ3v) is 4.71. The van der Waals surface area contributed by atoms with Gasteiger partial charge in [0.05, 0.1) is 0 Å². The van der Waals surface area contributed by atoms with Gasteiger partial charge in [-0.2, -0.15) is 0 Å². The van der Waals surface area contributed by atoms with E-state index < -0.39 is 18.7 Å². The summed E-state index contributed by atoms with van der Waals surface area (Å²) in [5.74, 6) is -0.757. The van der Waals surface area contributed by atoms with Crippen LogP contribution in [0.5, 0.6) is 5.75 Å². The molecule has 0 spiro atoms. The number of nitrogens with zero attached hydrogens (tertiary/aromatic N) is 1. The van der Waals surface area contributed by atoms with E-state index in [1.165, 1.54) is 0 Å². The van der Waals surface area contributed by atoms with Crippen molar-refractivity contribution in [3.05, 3.63) is 89.2 Å². The molecule has 0 saturated heterocycles.